The van der Waals surface area contributed by atoms with Gasteiger partial charge in [0.25, 0.3) is 0 Å². The highest BCUT2D eigenvalue weighted by molar-refractivity contribution is 8.00. The molecule has 1 saturated heterocycles. The van der Waals surface area contributed by atoms with Crippen LogP contribution in [0.3, 0.4) is 0 Å². The molecule has 1 nitrogen and oxygen atoms in total. The normalized spacial score (nSPS) is 24.4. The highest BCUT2D eigenvalue weighted by atomic mass is 32.2. The van der Waals surface area contributed by atoms with Gasteiger partial charge in [0.1, 0.15) is 0 Å². The minimum Gasteiger partial charge on any atom is -0.313 e. The van der Waals surface area contributed by atoms with Gasteiger partial charge < -0.3 is 5.32 Å². The van der Waals surface area contributed by atoms with Crippen molar-refractivity contribution in [3.05, 3.63) is 0 Å². The Hall–Kier alpha value is 0.310. The van der Waals surface area contributed by atoms with Crippen LogP contribution >= 0.6 is 11.8 Å². The number of hydrogen-bond acceptors (Lipinski definition) is 2. The Bertz CT molecular complexity index is 141. The molecule has 2 atom stereocenters. The Morgan fingerprint density at radius 2 is 2.07 bits per heavy atom. The average molecular weight is 215 g/mol. The van der Waals surface area contributed by atoms with E-state index in [-0.39, 0.29) is 0 Å². The van der Waals surface area contributed by atoms with Gasteiger partial charge in [0.15, 0.2) is 0 Å². The second-order valence-corrected chi connectivity index (χ2v) is 6.32. The molecule has 1 aliphatic rings. The molecule has 0 amide bonds. The van der Waals surface area contributed by atoms with Gasteiger partial charge in [-0.15, -0.1) is 0 Å². The van der Waals surface area contributed by atoms with E-state index in [1.165, 1.54) is 38.0 Å². The largest absolute Gasteiger partial charge is 0.313 e. The fourth-order valence-corrected chi connectivity index (χ4v) is 3.04. The first-order valence-corrected chi connectivity index (χ1v) is 7.08. The molecule has 1 rings (SSSR count). The lowest BCUT2D eigenvalue weighted by atomic mass is 10.0. The first-order chi connectivity index (χ1) is 6.68. The molecule has 0 bridgehead atoms. The second kappa shape index (κ2) is 6.73. The van der Waals surface area contributed by atoms with Crippen molar-refractivity contribution < 1.29 is 0 Å². The number of thioether (sulfide) groups is 1. The summed E-state index contributed by atoms with van der Waals surface area (Å²) in [6.45, 7) is 8.16. The van der Waals surface area contributed by atoms with E-state index in [0.29, 0.717) is 6.04 Å². The minimum absolute atomic E-state index is 0.707. The van der Waals surface area contributed by atoms with Gasteiger partial charge in [-0.3, -0.25) is 0 Å². The quantitative estimate of drug-likeness (QED) is 0.729. The standard InChI is InChI=1S/C12H25NS/c1-10(2)6-7-11(3)13-9-12-5-4-8-14-12/h10-13H,4-9H2,1-3H3. The highest BCUT2D eigenvalue weighted by Crippen LogP contribution is 2.25. The van der Waals surface area contributed by atoms with Crippen molar-refractivity contribution in [2.75, 3.05) is 12.3 Å². The van der Waals surface area contributed by atoms with E-state index >= 15 is 0 Å². The molecule has 0 aromatic rings. The molecular formula is C12H25NS. The molecule has 1 aliphatic heterocycles. The molecule has 0 radical (unpaired) electrons. The predicted molar refractivity (Wildman–Crippen MR) is 67.0 cm³/mol. The molecule has 1 fully saturated rings. The van der Waals surface area contributed by atoms with E-state index in [1.807, 2.05) is 0 Å². The van der Waals surface area contributed by atoms with E-state index in [2.05, 4.69) is 37.8 Å². The Balaban J connectivity index is 1.99. The first kappa shape index (κ1) is 12.4. The van der Waals surface area contributed by atoms with Crippen molar-refractivity contribution in [3.8, 4) is 0 Å². The van der Waals surface area contributed by atoms with Crippen molar-refractivity contribution >= 4 is 11.8 Å². The summed E-state index contributed by atoms with van der Waals surface area (Å²) < 4.78 is 0. The second-order valence-electron chi connectivity index (χ2n) is 4.92. The van der Waals surface area contributed by atoms with Gasteiger partial charge in [-0.05, 0) is 44.3 Å². The van der Waals surface area contributed by atoms with Crippen LogP contribution in [0.1, 0.15) is 46.5 Å². The lowest BCUT2D eigenvalue weighted by Crippen LogP contribution is -2.31. The van der Waals surface area contributed by atoms with Crippen molar-refractivity contribution in [1.82, 2.24) is 5.32 Å². The van der Waals surface area contributed by atoms with Crippen LogP contribution < -0.4 is 5.32 Å². The fourth-order valence-electron chi connectivity index (χ4n) is 1.82. The van der Waals surface area contributed by atoms with E-state index in [1.54, 1.807) is 0 Å². The smallest absolute Gasteiger partial charge is 0.0172 e. The molecule has 0 aromatic heterocycles. The van der Waals surface area contributed by atoms with Crippen LogP contribution in [0.2, 0.25) is 0 Å². The van der Waals surface area contributed by atoms with Crippen LogP contribution in [0.4, 0.5) is 0 Å². The van der Waals surface area contributed by atoms with Gasteiger partial charge in [-0.1, -0.05) is 13.8 Å². The molecule has 84 valence electrons. The molecule has 0 aliphatic carbocycles. The van der Waals surface area contributed by atoms with Gasteiger partial charge in [0.2, 0.25) is 0 Å². The highest BCUT2D eigenvalue weighted by Gasteiger charge is 2.15. The van der Waals surface area contributed by atoms with E-state index in [9.17, 15) is 0 Å². The van der Waals surface area contributed by atoms with Crippen LogP contribution in [-0.4, -0.2) is 23.6 Å². The monoisotopic (exact) mass is 215 g/mol. The lowest BCUT2D eigenvalue weighted by Gasteiger charge is -2.17. The SMILES string of the molecule is CC(C)CCC(C)NCC1CCCS1. The van der Waals surface area contributed by atoms with Gasteiger partial charge >= 0.3 is 0 Å². The van der Waals surface area contributed by atoms with Gasteiger partial charge in [-0.25, -0.2) is 0 Å². The van der Waals surface area contributed by atoms with Gasteiger partial charge in [-0.2, -0.15) is 11.8 Å². The Labute approximate surface area is 93.4 Å². The van der Waals surface area contributed by atoms with Crippen molar-refractivity contribution in [1.29, 1.82) is 0 Å². The van der Waals surface area contributed by atoms with Gasteiger partial charge in [0.05, 0.1) is 0 Å². The van der Waals surface area contributed by atoms with Crippen LogP contribution in [0.25, 0.3) is 0 Å². The summed E-state index contributed by atoms with van der Waals surface area (Å²) in [6.07, 6.45) is 5.53. The first-order valence-electron chi connectivity index (χ1n) is 6.03. The maximum Gasteiger partial charge on any atom is 0.0172 e. The van der Waals surface area contributed by atoms with Crippen LogP contribution in [0.5, 0.6) is 0 Å². The summed E-state index contributed by atoms with van der Waals surface area (Å²) in [5.74, 6) is 2.23. The van der Waals surface area contributed by atoms with Crippen LogP contribution in [-0.2, 0) is 0 Å². The predicted octanol–water partition coefficient (Wildman–Crippen LogP) is 3.30. The summed E-state index contributed by atoms with van der Waals surface area (Å²) in [5, 5.41) is 4.56. The molecule has 14 heavy (non-hydrogen) atoms. The number of nitrogens with one attached hydrogen (secondary N) is 1. The molecular weight excluding hydrogens is 190 g/mol. The zero-order chi connectivity index (χ0) is 10.4. The maximum absolute atomic E-state index is 3.66. The lowest BCUT2D eigenvalue weighted by molar-refractivity contribution is 0.450. The summed E-state index contributed by atoms with van der Waals surface area (Å²) in [6, 6.07) is 0.707. The Kier molecular flexibility index (Phi) is 5.95. The van der Waals surface area contributed by atoms with Gasteiger partial charge in [0, 0.05) is 17.8 Å². The number of hydrogen-bond donors (Lipinski definition) is 1. The zero-order valence-electron chi connectivity index (χ0n) is 9.88. The summed E-state index contributed by atoms with van der Waals surface area (Å²) >= 11 is 2.15. The van der Waals surface area contributed by atoms with Crippen molar-refractivity contribution in [2.45, 2.75) is 57.7 Å². The average Bonchev–Trinajstić information content (AvgIpc) is 2.63. The van der Waals surface area contributed by atoms with Crippen molar-refractivity contribution in [3.63, 3.8) is 0 Å². The van der Waals surface area contributed by atoms with Crippen LogP contribution in [0.15, 0.2) is 0 Å². The molecule has 2 unspecified atom stereocenters. The molecule has 1 heterocycles. The summed E-state index contributed by atoms with van der Waals surface area (Å²) in [4.78, 5) is 0. The topological polar surface area (TPSA) is 12.0 Å². The molecule has 0 aromatic carbocycles. The third-order valence-electron chi connectivity index (χ3n) is 2.90. The van der Waals surface area contributed by atoms with E-state index in [4.69, 9.17) is 0 Å². The van der Waals surface area contributed by atoms with Crippen LogP contribution in [0, 0.1) is 5.92 Å². The summed E-state index contributed by atoms with van der Waals surface area (Å²) in [5.41, 5.74) is 0. The van der Waals surface area contributed by atoms with Crippen molar-refractivity contribution in [2.24, 2.45) is 5.92 Å². The summed E-state index contributed by atoms with van der Waals surface area (Å²) in [7, 11) is 0. The Morgan fingerprint density at radius 3 is 2.64 bits per heavy atom. The fraction of sp³-hybridized carbons (Fsp3) is 1.00. The number of rotatable bonds is 6. The minimum atomic E-state index is 0.707. The molecule has 0 saturated carbocycles. The van der Waals surface area contributed by atoms with E-state index in [0.717, 1.165) is 11.2 Å². The zero-order valence-corrected chi connectivity index (χ0v) is 10.7. The molecule has 2 heteroatoms. The molecule has 1 N–H and O–H groups in total. The third-order valence-corrected chi connectivity index (χ3v) is 4.29. The van der Waals surface area contributed by atoms with E-state index < -0.39 is 0 Å². The third kappa shape index (κ3) is 5.26. The molecule has 0 spiro atoms. The maximum atomic E-state index is 3.66. The Morgan fingerprint density at radius 1 is 1.29 bits per heavy atom.